The first-order valence-corrected chi connectivity index (χ1v) is 5.44. The van der Waals surface area contributed by atoms with Gasteiger partial charge in [-0.05, 0) is 26.0 Å². The number of nitrogens with zero attached hydrogens (tertiary/aromatic N) is 3. The summed E-state index contributed by atoms with van der Waals surface area (Å²) in [7, 11) is 0. The van der Waals surface area contributed by atoms with Crippen molar-refractivity contribution in [3.8, 4) is 11.8 Å². The van der Waals surface area contributed by atoms with Crippen LogP contribution in [0.4, 0.5) is 0 Å². The highest BCUT2D eigenvalue weighted by atomic mass is 15.2. The molecule has 3 heteroatoms. The van der Waals surface area contributed by atoms with E-state index in [-0.39, 0.29) is 0 Å². The summed E-state index contributed by atoms with van der Waals surface area (Å²) in [5.74, 6) is 7.05. The molecule has 0 saturated carbocycles. The van der Waals surface area contributed by atoms with E-state index in [4.69, 9.17) is 0 Å². The third kappa shape index (κ3) is 2.22. The Morgan fingerprint density at radius 1 is 1.44 bits per heavy atom. The quantitative estimate of drug-likeness (QED) is 0.697. The Morgan fingerprint density at radius 3 is 2.88 bits per heavy atom. The second-order valence-electron chi connectivity index (χ2n) is 3.84. The zero-order valence-electron chi connectivity index (χ0n) is 9.64. The van der Waals surface area contributed by atoms with E-state index in [0.29, 0.717) is 6.04 Å². The smallest absolute Gasteiger partial charge is 0.132 e. The lowest BCUT2D eigenvalue weighted by Gasteiger charge is -2.17. The Balaban J connectivity index is 2.23. The second-order valence-corrected chi connectivity index (χ2v) is 3.84. The molecule has 0 aromatic carbocycles. The van der Waals surface area contributed by atoms with Crippen LogP contribution >= 0.6 is 0 Å². The van der Waals surface area contributed by atoms with Crippen molar-refractivity contribution in [3.05, 3.63) is 30.1 Å². The summed E-state index contributed by atoms with van der Waals surface area (Å²) in [6.45, 7) is 5.69. The van der Waals surface area contributed by atoms with Crippen LogP contribution in [0.2, 0.25) is 0 Å². The second kappa shape index (κ2) is 4.80. The molecule has 0 fully saturated rings. The normalized spacial score (nSPS) is 19.0. The topological polar surface area (TPSA) is 28.5 Å². The largest absolute Gasteiger partial charge is 0.343 e. The molecule has 2 rings (SSSR count). The molecule has 0 radical (unpaired) electrons. The average molecular weight is 213 g/mol. The lowest BCUT2D eigenvalue weighted by atomic mass is 10.2. The van der Waals surface area contributed by atoms with Crippen molar-refractivity contribution in [3.63, 3.8) is 0 Å². The van der Waals surface area contributed by atoms with E-state index in [9.17, 15) is 0 Å². The summed E-state index contributed by atoms with van der Waals surface area (Å²) in [4.78, 5) is 10.9. The van der Waals surface area contributed by atoms with Crippen molar-refractivity contribution in [2.45, 2.75) is 19.9 Å². The first kappa shape index (κ1) is 10.7. The summed E-state index contributed by atoms with van der Waals surface area (Å²) in [5.41, 5.74) is 1.12. The van der Waals surface area contributed by atoms with E-state index in [1.165, 1.54) is 0 Å². The molecule has 0 aliphatic carbocycles. The Bertz CT molecular complexity index is 439. The van der Waals surface area contributed by atoms with Crippen molar-refractivity contribution < 1.29 is 0 Å². The molecule has 82 valence electrons. The Kier molecular flexibility index (Phi) is 3.21. The van der Waals surface area contributed by atoms with Gasteiger partial charge in [0, 0.05) is 24.5 Å². The van der Waals surface area contributed by atoms with Gasteiger partial charge < -0.3 is 4.90 Å². The number of hydrogen-bond donors (Lipinski definition) is 0. The Labute approximate surface area is 96.2 Å². The Hall–Kier alpha value is -1.82. The lowest BCUT2D eigenvalue weighted by Crippen LogP contribution is -2.29. The molecular weight excluding hydrogens is 198 g/mol. The molecule has 0 N–H and O–H groups in total. The SMILES string of the molecule is CC#CCN1CC(C)N=C1c1ccncc1. The molecule has 1 aromatic heterocycles. The fourth-order valence-electron chi connectivity index (χ4n) is 1.81. The number of pyridine rings is 1. The number of amidine groups is 1. The van der Waals surface area contributed by atoms with Crippen molar-refractivity contribution in [1.29, 1.82) is 0 Å². The molecule has 3 nitrogen and oxygen atoms in total. The minimum Gasteiger partial charge on any atom is -0.343 e. The van der Waals surface area contributed by atoms with Crippen LogP contribution < -0.4 is 0 Å². The molecule has 1 aliphatic rings. The number of hydrogen-bond acceptors (Lipinski definition) is 3. The van der Waals surface area contributed by atoms with Gasteiger partial charge in [-0.25, -0.2) is 0 Å². The van der Waals surface area contributed by atoms with Crippen LogP contribution in [-0.4, -0.2) is 34.9 Å². The molecule has 0 saturated heterocycles. The van der Waals surface area contributed by atoms with Gasteiger partial charge in [-0.2, -0.15) is 0 Å². The maximum atomic E-state index is 4.64. The highest BCUT2D eigenvalue weighted by Crippen LogP contribution is 2.14. The van der Waals surface area contributed by atoms with Crippen LogP contribution in [0.5, 0.6) is 0 Å². The van der Waals surface area contributed by atoms with Crippen LogP contribution in [0.25, 0.3) is 0 Å². The van der Waals surface area contributed by atoms with Gasteiger partial charge in [0.25, 0.3) is 0 Å². The molecule has 1 unspecified atom stereocenters. The third-order valence-corrected chi connectivity index (χ3v) is 2.51. The molecule has 1 aliphatic heterocycles. The van der Waals surface area contributed by atoms with Gasteiger partial charge >= 0.3 is 0 Å². The van der Waals surface area contributed by atoms with E-state index < -0.39 is 0 Å². The lowest BCUT2D eigenvalue weighted by molar-refractivity contribution is 0.479. The third-order valence-electron chi connectivity index (χ3n) is 2.51. The summed E-state index contributed by atoms with van der Waals surface area (Å²) in [5, 5.41) is 0. The Morgan fingerprint density at radius 2 is 2.19 bits per heavy atom. The first-order chi connectivity index (χ1) is 7.81. The highest BCUT2D eigenvalue weighted by Gasteiger charge is 2.22. The van der Waals surface area contributed by atoms with Crippen LogP contribution in [0.3, 0.4) is 0 Å². The van der Waals surface area contributed by atoms with E-state index in [2.05, 4.69) is 33.6 Å². The molecule has 1 atom stereocenters. The van der Waals surface area contributed by atoms with E-state index in [1.54, 1.807) is 12.4 Å². The summed E-state index contributed by atoms with van der Waals surface area (Å²) < 4.78 is 0. The number of aromatic nitrogens is 1. The summed E-state index contributed by atoms with van der Waals surface area (Å²) in [6.07, 6.45) is 3.59. The molecule has 16 heavy (non-hydrogen) atoms. The molecule has 0 amide bonds. The summed E-state index contributed by atoms with van der Waals surface area (Å²) >= 11 is 0. The van der Waals surface area contributed by atoms with Crippen molar-refractivity contribution in [2.75, 3.05) is 13.1 Å². The predicted molar refractivity (Wildman–Crippen MR) is 65.3 cm³/mol. The summed E-state index contributed by atoms with van der Waals surface area (Å²) in [6, 6.07) is 4.33. The molecular formula is C13H15N3. The molecule has 1 aromatic rings. The zero-order chi connectivity index (χ0) is 11.4. The average Bonchev–Trinajstić information content (AvgIpc) is 2.69. The van der Waals surface area contributed by atoms with Gasteiger partial charge in [0.05, 0.1) is 12.6 Å². The predicted octanol–water partition coefficient (Wildman–Crippen LogP) is 1.56. The molecule has 0 bridgehead atoms. The number of rotatable bonds is 2. The van der Waals surface area contributed by atoms with E-state index >= 15 is 0 Å². The highest BCUT2D eigenvalue weighted by molar-refractivity contribution is 6.00. The first-order valence-electron chi connectivity index (χ1n) is 5.44. The standard InChI is InChI=1S/C13H15N3/c1-3-4-9-16-10-11(2)15-13(16)12-5-7-14-8-6-12/h5-8,11H,9-10H2,1-2H3. The zero-order valence-corrected chi connectivity index (χ0v) is 9.64. The maximum absolute atomic E-state index is 4.64. The van der Waals surface area contributed by atoms with Crippen LogP contribution in [0.1, 0.15) is 19.4 Å². The molecule has 0 spiro atoms. The van der Waals surface area contributed by atoms with Crippen molar-refractivity contribution >= 4 is 5.84 Å². The van der Waals surface area contributed by atoms with Gasteiger partial charge in [-0.3, -0.25) is 9.98 Å². The van der Waals surface area contributed by atoms with Gasteiger partial charge in [-0.1, -0.05) is 5.92 Å². The minimum absolute atomic E-state index is 0.349. The van der Waals surface area contributed by atoms with Crippen LogP contribution in [0, 0.1) is 11.8 Å². The van der Waals surface area contributed by atoms with Gasteiger partial charge in [-0.15, -0.1) is 5.92 Å². The number of aliphatic imine (C=N–C) groups is 1. The maximum Gasteiger partial charge on any atom is 0.132 e. The fraction of sp³-hybridized carbons (Fsp3) is 0.385. The van der Waals surface area contributed by atoms with Gasteiger partial charge in [0.2, 0.25) is 0 Å². The van der Waals surface area contributed by atoms with E-state index in [0.717, 1.165) is 24.5 Å². The van der Waals surface area contributed by atoms with Crippen LogP contribution in [0.15, 0.2) is 29.5 Å². The van der Waals surface area contributed by atoms with E-state index in [1.807, 2.05) is 19.1 Å². The molecule has 2 heterocycles. The van der Waals surface area contributed by atoms with Gasteiger partial charge in [0.15, 0.2) is 0 Å². The van der Waals surface area contributed by atoms with Crippen molar-refractivity contribution in [1.82, 2.24) is 9.88 Å². The minimum atomic E-state index is 0.349. The fourth-order valence-corrected chi connectivity index (χ4v) is 1.81. The van der Waals surface area contributed by atoms with Gasteiger partial charge in [0.1, 0.15) is 5.84 Å². The van der Waals surface area contributed by atoms with Crippen LogP contribution in [-0.2, 0) is 0 Å². The monoisotopic (exact) mass is 213 g/mol. The van der Waals surface area contributed by atoms with Crippen molar-refractivity contribution in [2.24, 2.45) is 4.99 Å².